The maximum absolute atomic E-state index is 12.7. The Morgan fingerprint density at radius 3 is 2.26 bits per heavy atom. The van der Waals surface area contributed by atoms with Crippen LogP contribution in [0.15, 0.2) is 0 Å². The SMILES string of the molecule is CCN(CC)S(=O)(=O)N1CCN(C(=O)OC(C)(C)C)CC1CN. The van der Waals surface area contributed by atoms with Crippen LogP contribution in [0.4, 0.5) is 4.79 Å². The lowest BCUT2D eigenvalue weighted by Crippen LogP contribution is -2.61. The number of rotatable bonds is 5. The van der Waals surface area contributed by atoms with Gasteiger partial charge in [-0.1, -0.05) is 13.8 Å². The second-order valence-electron chi connectivity index (χ2n) is 6.52. The van der Waals surface area contributed by atoms with Crippen molar-refractivity contribution >= 4 is 16.3 Å². The highest BCUT2D eigenvalue weighted by atomic mass is 32.2. The first-order valence-electron chi connectivity index (χ1n) is 8.01. The van der Waals surface area contributed by atoms with Crippen molar-refractivity contribution in [3.63, 3.8) is 0 Å². The van der Waals surface area contributed by atoms with Gasteiger partial charge < -0.3 is 15.4 Å². The van der Waals surface area contributed by atoms with Crippen LogP contribution in [-0.2, 0) is 14.9 Å². The van der Waals surface area contributed by atoms with Crippen LogP contribution < -0.4 is 5.73 Å². The fourth-order valence-electron chi connectivity index (χ4n) is 2.52. The van der Waals surface area contributed by atoms with Gasteiger partial charge in [0.15, 0.2) is 0 Å². The highest BCUT2D eigenvalue weighted by Gasteiger charge is 2.39. The van der Waals surface area contributed by atoms with Crippen LogP contribution in [0.1, 0.15) is 34.6 Å². The van der Waals surface area contributed by atoms with Gasteiger partial charge in [0.25, 0.3) is 10.2 Å². The maximum Gasteiger partial charge on any atom is 0.410 e. The van der Waals surface area contributed by atoms with Crippen molar-refractivity contribution < 1.29 is 17.9 Å². The molecule has 1 atom stereocenters. The lowest BCUT2D eigenvalue weighted by atomic mass is 10.2. The van der Waals surface area contributed by atoms with E-state index in [1.165, 1.54) is 13.5 Å². The molecule has 136 valence electrons. The monoisotopic (exact) mass is 350 g/mol. The first-order chi connectivity index (χ1) is 10.6. The van der Waals surface area contributed by atoms with Gasteiger partial charge >= 0.3 is 6.09 Å². The Morgan fingerprint density at radius 2 is 1.83 bits per heavy atom. The number of hydrogen-bond acceptors (Lipinski definition) is 5. The molecular formula is C14H30N4O4S. The fraction of sp³-hybridized carbons (Fsp3) is 0.929. The summed E-state index contributed by atoms with van der Waals surface area (Å²) in [5.41, 5.74) is 5.18. The van der Waals surface area contributed by atoms with Crippen LogP contribution in [0.5, 0.6) is 0 Å². The van der Waals surface area contributed by atoms with Crippen molar-refractivity contribution in [2.45, 2.75) is 46.3 Å². The number of carbonyl (C=O) groups excluding carboxylic acids is 1. The van der Waals surface area contributed by atoms with Gasteiger partial charge in [-0.3, -0.25) is 0 Å². The fourth-order valence-corrected chi connectivity index (χ4v) is 4.32. The minimum Gasteiger partial charge on any atom is -0.444 e. The second-order valence-corrected chi connectivity index (χ2v) is 8.40. The zero-order valence-electron chi connectivity index (χ0n) is 14.8. The summed E-state index contributed by atoms with van der Waals surface area (Å²) in [5, 5.41) is 0. The Morgan fingerprint density at radius 1 is 1.26 bits per heavy atom. The van der Waals surface area contributed by atoms with Gasteiger partial charge in [-0.2, -0.15) is 17.0 Å². The minimum atomic E-state index is -3.56. The molecule has 1 heterocycles. The summed E-state index contributed by atoms with van der Waals surface area (Å²) in [4.78, 5) is 13.7. The standard InChI is InChI=1S/C14H30N4O4S/c1-6-17(7-2)23(20,21)18-9-8-16(11-12(18)10-15)13(19)22-14(3,4)5/h12H,6-11,15H2,1-5H3. The van der Waals surface area contributed by atoms with Gasteiger partial charge in [-0.05, 0) is 20.8 Å². The third-order valence-electron chi connectivity index (χ3n) is 3.68. The molecule has 0 radical (unpaired) electrons. The number of carbonyl (C=O) groups is 1. The summed E-state index contributed by atoms with van der Waals surface area (Å²) >= 11 is 0. The molecule has 1 amide bonds. The zero-order valence-corrected chi connectivity index (χ0v) is 15.6. The molecule has 1 unspecified atom stereocenters. The van der Waals surface area contributed by atoms with E-state index in [2.05, 4.69) is 0 Å². The summed E-state index contributed by atoms with van der Waals surface area (Å²) in [6, 6.07) is -0.443. The number of hydrogen-bond donors (Lipinski definition) is 1. The van der Waals surface area contributed by atoms with E-state index in [1.807, 2.05) is 0 Å². The Labute approximate surface area is 139 Å². The topological polar surface area (TPSA) is 96.2 Å². The van der Waals surface area contributed by atoms with E-state index in [-0.39, 0.29) is 19.6 Å². The van der Waals surface area contributed by atoms with Crippen molar-refractivity contribution in [1.29, 1.82) is 0 Å². The second kappa shape index (κ2) is 7.78. The molecule has 0 aliphatic carbocycles. The molecule has 0 saturated carbocycles. The average Bonchev–Trinajstić information content (AvgIpc) is 2.45. The molecule has 23 heavy (non-hydrogen) atoms. The molecule has 0 aromatic rings. The smallest absolute Gasteiger partial charge is 0.410 e. The van der Waals surface area contributed by atoms with E-state index < -0.39 is 27.9 Å². The van der Waals surface area contributed by atoms with E-state index in [1.54, 1.807) is 34.6 Å². The molecule has 1 saturated heterocycles. The Kier molecular flexibility index (Phi) is 6.81. The number of amides is 1. The van der Waals surface area contributed by atoms with E-state index in [4.69, 9.17) is 10.5 Å². The summed E-state index contributed by atoms with van der Waals surface area (Å²) in [6.07, 6.45) is -0.434. The van der Waals surface area contributed by atoms with Crippen LogP contribution in [0.3, 0.4) is 0 Å². The van der Waals surface area contributed by atoms with Crippen LogP contribution >= 0.6 is 0 Å². The Bertz CT molecular complexity index is 499. The number of ether oxygens (including phenoxy) is 1. The zero-order chi connectivity index (χ0) is 17.8. The van der Waals surface area contributed by atoms with Crippen LogP contribution in [0.2, 0.25) is 0 Å². The van der Waals surface area contributed by atoms with Gasteiger partial charge in [0.2, 0.25) is 0 Å². The Hall–Kier alpha value is -0.900. The van der Waals surface area contributed by atoms with Gasteiger partial charge in [0.05, 0.1) is 6.04 Å². The molecule has 0 spiro atoms. The summed E-state index contributed by atoms with van der Waals surface area (Å²) in [6.45, 7) is 10.7. The van der Waals surface area contributed by atoms with E-state index in [0.717, 1.165) is 0 Å². The van der Waals surface area contributed by atoms with Crippen molar-refractivity contribution in [2.24, 2.45) is 5.73 Å². The predicted octanol–water partition coefficient (Wildman–Crippen LogP) is 0.453. The molecular weight excluding hydrogens is 320 g/mol. The van der Waals surface area contributed by atoms with E-state index in [0.29, 0.717) is 19.6 Å². The summed E-state index contributed by atoms with van der Waals surface area (Å²) in [7, 11) is -3.56. The molecule has 1 aliphatic rings. The van der Waals surface area contributed by atoms with Crippen molar-refractivity contribution in [2.75, 3.05) is 39.3 Å². The summed E-state index contributed by atoms with van der Waals surface area (Å²) in [5.74, 6) is 0. The number of nitrogens with two attached hydrogens (primary N) is 1. The molecule has 1 fully saturated rings. The van der Waals surface area contributed by atoms with Crippen molar-refractivity contribution in [3.8, 4) is 0 Å². The van der Waals surface area contributed by atoms with Gasteiger partial charge in [0.1, 0.15) is 5.60 Å². The highest BCUT2D eigenvalue weighted by Crippen LogP contribution is 2.19. The normalized spacial score (nSPS) is 20.8. The molecule has 1 aliphatic heterocycles. The third-order valence-corrected chi connectivity index (χ3v) is 5.92. The lowest BCUT2D eigenvalue weighted by molar-refractivity contribution is 0.0133. The molecule has 0 bridgehead atoms. The van der Waals surface area contributed by atoms with Crippen LogP contribution in [0.25, 0.3) is 0 Å². The van der Waals surface area contributed by atoms with E-state index >= 15 is 0 Å². The Balaban J connectivity index is 2.86. The maximum atomic E-state index is 12.7. The van der Waals surface area contributed by atoms with Crippen LogP contribution in [-0.4, -0.2) is 78.9 Å². The number of piperazine rings is 1. The van der Waals surface area contributed by atoms with Gasteiger partial charge in [-0.15, -0.1) is 0 Å². The van der Waals surface area contributed by atoms with Crippen molar-refractivity contribution in [3.05, 3.63) is 0 Å². The number of nitrogens with zero attached hydrogens (tertiary/aromatic N) is 3. The summed E-state index contributed by atoms with van der Waals surface area (Å²) < 4.78 is 33.5. The quantitative estimate of drug-likeness (QED) is 0.777. The average molecular weight is 350 g/mol. The molecule has 1 rings (SSSR count). The largest absolute Gasteiger partial charge is 0.444 e. The third kappa shape index (κ3) is 5.03. The predicted molar refractivity (Wildman–Crippen MR) is 89.2 cm³/mol. The first kappa shape index (κ1) is 20.1. The molecule has 2 N–H and O–H groups in total. The first-order valence-corrected chi connectivity index (χ1v) is 9.41. The van der Waals surface area contributed by atoms with E-state index in [9.17, 15) is 13.2 Å². The highest BCUT2D eigenvalue weighted by molar-refractivity contribution is 7.86. The molecule has 9 heteroatoms. The van der Waals surface area contributed by atoms with Gasteiger partial charge in [-0.25, -0.2) is 4.79 Å². The van der Waals surface area contributed by atoms with Crippen LogP contribution in [0, 0.1) is 0 Å². The lowest BCUT2D eigenvalue weighted by Gasteiger charge is -2.41. The molecule has 0 aromatic carbocycles. The molecule has 8 nitrogen and oxygen atoms in total. The minimum absolute atomic E-state index is 0.153. The molecule has 0 aromatic heterocycles. The van der Waals surface area contributed by atoms with Gasteiger partial charge in [0, 0.05) is 39.3 Å². The van der Waals surface area contributed by atoms with Crippen molar-refractivity contribution in [1.82, 2.24) is 13.5 Å².